The van der Waals surface area contributed by atoms with E-state index in [0.717, 1.165) is 23.1 Å². The fourth-order valence-corrected chi connectivity index (χ4v) is 2.49. The zero-order valence-electron chi connectivity index (χ0n) is 14.0. The largest absolute Gasteiger partial charge is 0.384 e. The minimum atomic E-state index is 0.0260. The van der Waals surface area contributed by atoms with Gasteiger partial charge >= 0.3 is 0 Å². The molecule has 1 amide bonds. The van der Waals surface area contributed by atoms with E-state index in [0.29, 0.717) is 30.2 Å². The molecule has 128 valence electrons. The molecule has 1 aromatic carbocycles. The van der Waals surface area contributed by atoms with E-state index in [-0.39, 0.29) is 5.91 Å². The number of anilines is 3. The van der Waals surface area contributed by atoms with Gasteiger partial charge in [0.05, 0.1) is 5.39 Å². The van der Waals surface area contributed by atoms with Crippen LogP contribution in [0.5, 0.6) is 0 Å². The van der Waals surface area contributed by atoms with E-state index in [1.807, 2.05) is 37.3 Å². The predicted molar refractivity (Wildman–Crippen MR) is 99.1 cm³/mol. The van der Waals surface area contributed by atoms with E-state index < -0.39 is 0 Å². The Morgan fingerprint density at radius 2 is 2.08 bits per heavy atom. The standard InChI is InChI=1S/C18H20N6O/c1-2-4-16(25)23-13-6-3-5-12(9-13)10-20-17-14-7-8-15(19)24-18(14)22-11-21-17/h3,5-9,11H,2,4,10H2,1H3,(H,23,25)(H3,19,20,21,22,24). The van der Waals surface area contributed by atoms with E-state index >= 15 is 0 Å². The van der Waals surface area contributed by atoms with Gasteiger partial charge < -0.3 is 16.4 Å². The molecule has 0 radical (unpaired) electrons. The predicted octanol–water partition coefficient (Wildman–Crippen LogP) is 2.96. The number of carbonyl (C=O) groups is 1. The van der Waals surface area contributed by atoms with Gasteiger partial charge in [0.15, 0.2) is 5.65 Å². The minimum absolute atomic E-state index is 0.0260. The molecule has 0 aliphatic rings. The van der Waals surface area contributed by atoms with E-state index in [9.17, 15) is 4.79 Å². The Kier molecular flexibility index (Phi) is 5.03. The Bertz CT molecular complexity index is 896. The van der Waals surface area contributed by atoms with Crippen LogP contribution in [-0.4, -0.2) is 20.9 Å². The van der Waals surface area contributed by atoms with E-state index in [1.165, 1.54) is 6.33 Å². The van der Waals surface area contributed by atoms with Gasteiger partial charge in [-0.2, -0.15) is 0 Å². The second-order valence-electron chi connectivity index (χ2n) is 5.68. The molecule has 3 rings (SSSR count). The number of amides is 1. The molecular formula is C18H20N6O. The topological polar surface area (TPSA) is 106 Å². The summed E-state index contributed by atoms with van der Waals surface area (Å²) in [6, 6.07) is 11.3. The van der Waals surface area contributed by atoms with Crippen molar-refractivity contribution in [2.75, 3.05) is 16.4 Å². The Balaban J connectivity index is 1.73. The summed E-state index contributed by atoms with van der Waals surface area (Å²) in [6.07, 6.45) is 2.80. The second kappa shape index (κ2) is 7.57. The number of nitrogens with zero attached hydrogens (tertiary/aromatic N) is 3. The van der Waals surface area contributed by atoms with Crippen molar-refractivity contribution >= 4 is 34.3 Å². The Labute approximate surface area is 145 Å². The summed E-state index contributed by atoms with van der Waals surface area (Å²) in [6.45, 7) is 2.54. The van der Waals surface area contributed by atoms with Crippen LogP contribution < -0.4 is 16.4 Å². The molecule has 0 fully saturated rings. The van der Waals surface area contributed by atoms with Crippen molar-refractivity contribution < 1.29 is 4.79 Å². The molecule has 7 heteroatoms. The molecule has 3 aromatic rings. The van der Waals surface area contributed by atoms with E-state index in [2.05, 4.69) is 25.6 Å². The highest BCUT2D eigenvalue weighted by Gasteiger charge is 2.06. The van der Waals surface area contributed by atoms with Gasteiger partial charge in [0.2, 0.25) is 5.91 Å². The number of benzene rings is 1. The third-order valence-corrected chi connectivity index (χ3v) is 3.67. The first-order chi connectivity index (χ1) is 12.2. The Morgan fingerprint density at radius 1 is 1.20 bits per heavy atom. The average Bonchev–Trinajstić information content (AvgIpc) is 2.60. The number of pyridine rings is 1. The van der Waals surface area contributed by atoms with Crippen LogP contribution in [0.15, 0.2) is 42.7 Å². The lowest BCUT2D eigenvalue weighted by molar-refractivity contribution is -0.116. The number of hydrogen-bond acceptors (Lipinski definition) is 6. The molecule has 7 nitrogen and oxygen atoms in total. The summed E-state index contributed by atoms with van der Waals surface area (Å²) in [4.78, 5) is 24.3. The van der Waals surface area contributed by atoms with Gasteiger partial charge in [0.25, 0.3) is 0 Å². The number of aromatic nitrogens is 3. The van der Waals surface area contributed by atoms with Crippen LogP contribution in [-0.2, 0) is 11.3 Å². The maximum atomic E-state index is 11.7. The number of rotatable bonds is 6. The van der Waals surface area contributed by atoms with Crippen molar-refractivity contribution in [2.24, 2.45) is 0 Å². The first kappa shape index (κ1) is 16.6. The number of nitrogens with two attached hydrogens (primary N) is 1. The normalized spacial score (nSPS) is 10.6. The number of carbonyl (C=O) groups excluding carboxylic acids is 1. The highest BCUT2D eigenvalue weighted by Crippen LogP contribution is 2.20. The summed E-state index contributed by atoms with van der Waals surface area (Å²) >= 11 is 0. The van der Waals surface area contributed by atoms with Crippen LogP contribution in [0.1, 0.15) is 25.3 Å². The molecule has 2 aromatic heterocycles. The van der Waals surface area contributed by atoms with Gasteiger partial charge in [-0.25, -0.2) is 15.0 Å². The number of fused-ring (bicyclic) bond motifs is 1. The van der Waals surface area contributed by atoms with E-state index in [4.69, 9.17) is 5.73 Å². The SMILES string of the molecule is CCCC(=O)Nc1cccc(CNc2ncnc3nc(N)ccc23)c1. The number of nitrogen functional groups attached to an aromatic ring is 1. The highest BCUT2D eigenvalue weighted by atomic mass is 16.1. The highest BCUT2D eigenvalue weighted by molar-refractivity contribution is 5.90. The van der Waals surface area contributed by atoms with Crippen LogP contribution in [0.25, 0.3) is 11.0 Å². The molecule has 0 atom stereocenters. The van der Waals surface area contributed by atoms with Crippen molar-refractivity contribution in [3.63, 3.8) is 0 Å². The number of hydrogen-bond donors (Lipinski definition) is 3. The van der Waals surface area contributed by atoms with Crippen molar-refractivity contribution in [3.8, 4) is 0 Å². The summed E-state index contributed by atoms with van der Waals surface area (Å²) in [5.74, 6) is 1.14. The van der Waals surface area contributed by atoms with Gasteiger partial charge in [0.1, 0.15) is 18.0 Å². The molecule has 0 bridgehead atoms. The fraction of sp³-hybridized carbons (Fsp3) is 0.222. The zero-order valence-corrected chi connectivity index (χ0v) is 14.0. The lowest BCUT2D eigenvalue weighted by Crippen LogP contribution is -2.11. The van der Waals surface area contributed by atoms with Crippen LogP contribution in [0.3, 0.4) is 0 Å². The van der Waals surface area contributed by atoms with Crippen molar-refractivity contribution in [2.45, 2.75) is 26.3 Å². The number of nitrogens with one attached hydrogen (secondary N) is 2. The summed E-state index contributed by atoms with van der Waals surface area (Å²) in [5.41, 5.74) is 8.07. The molecule has 0 aliphatic heterocycles. The van der Waals surface area contributed by atoms with E-state index in [1.54, 1.807) is 6.07 Å². The maximum absolute atomic E-state index is 11.7. The second-order valence-corrected chi connectivity index (χ2v) is 5.68. The van der Waals surface area contributed by atoms with Crippen LogP contribution in [0.4, 0.5) is 17.3 Å². The third kappa shape index (κ3) is 4.20. The van der Waals surface area contributed by atoms with Crippen LogP contribution in [0.2, 0.25) is 0 Å². The van der Waals surface area contributed by atoms with Gasteiger partial charge in [-0.05, 0) is 36.2 Å². The molecule has 2 heterocycles. The minimum Gasteiger partial charge on any atom is -0.384 e. The quantitative estimate of drug-likeness (QED) is 0.639. The molecule has 0 unspecified atom stereocenters. The van der Waals surface area contributed by atoms with Gasteiger partial charge in [0, 0.05) is 18.7 Å². The van der Waals surface area contributed by atoms with Crippen LogP contribution in [0, 0.1) is 0 Å². The third-order valence-electron chi connectivity index (χ3n) is 3.67. The fourth-order valence-electron chi connectivity index (χ4n) is 2.49. The van der Waals surface area contributed by atoms with Crippen molar-refractivity contribution in [1.29, 1.82) is 0 Å². The molecule has 0 spiro atoms. The van der Waals surface area contributed by atoms with Gasteiger partial charge in [-0.3, -0.25) is 4.79 Å². The zero-order chi connectivity index (χ0) is 17.6. The maximum Gasteiger partial charge on any atom is 0.224 e. The molecular weight excluding hydrogens is 316 g/mol. The van der Waals surface area contributed by atoms with Gasteiger partial charge in [-0.1, -0.05) is 19.1 Å². The molecule has 0 aliphatic carbocycles. The Hall–Kier alpha value is -3.22. The molecule has 0 saturated carbocycles. The van der Waals surface area contributed by atoms with Crippen molar-refractivity contribution in [1.82, 2.24) is 15.0 Å². The first-order valence-electron chi connectivity index (χ1n) is 8.15. The van der Waals surface area contributed by atoms with Crippen molar-refractivity contribution in [3.05, 3.63) is 48.3 Å². The molecule has 25 heavy (non-hydrogen) atoms. The average molecular weight is 336 g/mol. The van der Waals surface area contributed by atoms with Gasteiger partial charge in [-0.15, -0.1) is 0 Å². The smallest absolute Gasteiger partial charge is 0.224 e. The lowest BCUT2D eigenvalue weighted by atomic mass is 10.2. The first-order valence-corrected chi connectivity index (χ1v) is 8.15. The lowest BCUT2D eigenvalue weighted by Gasteiger charge is -2.10. The molecule has 0 saturated heterocycles. The summed E-state index contributed by atoms with van der Waals surface area (Å²) in [5, 5.41) is 6.99. The monoisotopic (exact) mass is 336 g/mol. The van der Waals surface area contributed by atoms with Crippen LogP contribution >= 0.6 is 0 Å². The summed E-state index contributed by atoms with van der Waals surface area (Å²) in [7, 11) is 0. The molecule has 4 N–H and O–H groups in total. The summed E-state index contributed by atoms with van der Waals surface area (Å²) < 4.78 is 0. The Morgan fingerprint density at radius 3 is 2.92 bits per heavy atom.